The number of carbonyl (C=O) groups excluding carboxylic acids is 1. The Morgan fingerprint density at radius 2 is 1.37 bits per heavy atom. The molecule has 5 rings (SSSR count). The van der Waals surface area contributed by atoms with E-state index >= 15 is 0 Å². The second kappa shape index (κ2) is 5.92. The van der Waals surface area contributed by atoms with E-state index in [4.69, 9.17) is 1.37 Å². The standard InChI is InChI=1S/C22H16N4O/c1-13(27)21-11-20-10-18-5-4-16(24-18)8-14-2-3-15(23-14)9-17-6-7-19(25-17)12-22(21)26-20/h2-12,23-24H,1H3/i11D. The fraction of sp³-hybridized carbons (Fsp3) is 0.0455. The van der Waals surface area contributed by atoms with Crippen LogP contribution in [0.3, 0.4) is 0 Å². The highest BCUT2D eigenvalue weighted by Crippen LogP contribution is 2.24. The maximum Gasteiger partial charge on any atom is 0.162 e. The molecule has 130 valence electrons. The molecule has 3 aromatic rings. The van der Waals surface area contributed by atoms with Crippen LogP contribution in [0.5, 0.6) is 0 Å². The first kappa shape index (κ1) is 14.4. The third-order valence-corrected chi connectivity index (χ3v) is 4.44. The minimum Gasteiger partial charge on any atom is -0.355 e. The van der Waals surface area contributed by atoms with E-state index in [1.165, 1.54) is 6.92 Å². The molecular weight excluding hydrogens is 336 g/mol. The molecule has 0 aliphatic carbocycles. The molecule has 0 amide bonds. The fourth-order valence-electron chi connectivity index (χ4n) is 3.21. The van der Waals surface area contributed by atoms with E-state index in [2.05, 4.69) is 19.9 Å². The third kappa shape index (κ3) is 3.00. The zero-order valence-electron chi connectivity index (χ0n) is 15.6. The van der Waals surface area contributed by atoms with Crippen molar-refractivity contribution >= 4 is 51.6 Å². The first-order valence-electron chi connectivity index (χ1n) is 9.14. The predicted molar refractivity (Wildman–Crippen MR) is 108 cm³/mol. The van der Waals surface area contributed by atoms with Crippen molar-refractivity contribution in [2.75, 3.05) is 0 Å². The molecule has 5 heteroatoms. The van der Waals surface area contributed by atoms with Gasteiger partial charge in [-0.25, -0.2) is 9.97 Å². The number of fused-ring (bicyclic) bond motifs is 8. The van der Waals surface area contributed by atoms with E-state index in [1.54, 1.807) is 12.1 Å². The first-order chi connectivity index (χ1) is 13.5. The molecule has 2 aliphatic rings. The van der Waals surface area contributed by atoms with Crippen molar-refractivity contribution in [1.82, 2.24) is 19.9 Å². The van der Waals surface area contributed by atoms with Gasteiger partial charge in [0.1, 0.15) is 0 Å². The Morgan fingerprint density at radius 1 is 0.815 bits per heavy atom. The van der Waals surface area contributed by atoms with Crippen LogP contribution in [0.15, 0.2) is 48.5 Å². The molecule has 8 bridgehead atoms. The van der Waals surface area contributed by atoms with E-state index in [0.717, 1.165) is 27.8 Å². The van der Waals surface area contributed by atoms with Gasteiger partial charge < -0.3 is 9.97 Å². The minimum atomic E-state index is -0.182. The quantitative estimate of drug-likeness (QED) is 0.524. The SMILES string of the molecule is [2H]C1=C(C(C)=O)c2cc3nc(cc4ccc(cc5ccc(cc1n2)[nH]5)[nH]4)C=C3. The lowest BCUT2D eigenvalue weighted by atomic mass is 10.1. The molecule has 0 fully saturated rings. The van der Waals surface area contributed by atoms with E-state index in [0.29, 0.717) is 22.7 Å². The van der Waals surface area contributed by atoms with Crippen LogP contribution in [0.2, 0.25) is 0 Å². The van der Waals surface area contributed by atoms with Crippen molar-refractivity contribution in [3.05, 3.63) is 71.3 Å². The molecule has 0 radical (unpaired) electrons. The average Bonchev–Trinajstić information content (AvgIpc) is 3.40. The zero-order chi connectivity index (χ0) is 19.3. The number of aromatic amines is 2. The molecule has 5 nitrogen and oxygen atoms in total. The van der Waals surface area contributed by atoms with Gasteiger partial charge in [-0.2, -0.15) is 0 Å². The Morgan fingerprint density at radius 3 is 2.00 bits per heavy atom. The molecule has 0 unspecified atom stereocenters. The summed E-state index contributed by atoms with van der Waals surface area (Å²) < 4.78 is 8.41. The number of hydrogen-bond donors (Lipinski definition) is 2. The number of carbonyl (C=O) groups is 1. The van der Waals surface area contributed by atoms with Gasteiger partial charge in [-0.3, -0.25) is 4.79 Å². The van der Waals surface area contributed by atoms with Gasteiger partial charge in [0.15, 0.2) is 5.78 Å². The summed E-state index contributed by atoms with van der Waals surface area (Å²) in [5.41, 5.74) is 6.42. The number of nitrogens with zero attached hydrogens (tertiary/aromatic N) is 2. The second-order valence-corrected chi connectivity index (χ2v) is 6.55. The van der Waals surface area contributed by atoms with Gasteiger partial charge in [0.25, 0.3) is 0 Å². The summed E-state index contributed by atoms with van der Waals surface area (Å²) in [4.78, 5) is 27.9. The van der Waals surface area contributed by atoms with Crippen molar-refractivity contribution in [2.45, 2.75) is 6.92 Å². The van der Waals surface area contributed by atoms with Crippen LogP contribution in [-0.4, -0.2) is 25.7 Å². The number of Topliss-reactive ketones (excluding diaryl/α,β-unsaturated/α-hetero) is 1. The van der Waals surface area contributed by atoms with Crippen LogP contribution in [0.25, 0.3) is 45.8 Å². The maximum atomic E-state index is 12.1. The molecule has 27 heavy (non-hydrogen) atoms. The fourth-order valence-corrected chi connectivity index (χ4v) is 3.21. The molecule has 2 N–H and O–H groups in total. The Balaban J connectivity index is 1.88. The molecule has 0 saturated carbocycles. The lowest BCUT2D eigenvalue weighted by molar-refractivity contribution is -0.111. The van der Waals surface area contributed by atoms with Crippen LogP contribution in [0.4, 0.5) is 0 Å². The van der Waals surface area contributed by atoms with E-state index in [-0.39, 0.29) is 11.8 Å². The summed E-state index contributed by atoms with van der Waals surface area (Å²) in [6, 6.07) is 15.5. The van der Waals surface area contributed by atoms with Gasteiger partial charge >= 0.3 is 0 Å². The smallest absolute Gasteiger partial charge is 0.162 e. The van der Waals surface area contributed by atoms with Gasteiger partial charge in [-0.05, 0) is 73.7 Å². The highest BCUT2D eigenvalue weighted by atomic mass is 16.1. The Kier molecular flexibility index (Phi) is 3.16. The molecular formula is C22H16N4O. The highest BCUT2D eigenvalue weighted by molar-refractivity contribution is 6.24. The number of allylic oxidation sites excluding steroid dienone is 1. The number of rotatable bonds is 1. The maximum absolute atomic E-state index is 12.1. The number of ketones is 1. The molecule has 0 aromatic carbocycles. The molecule has 2 aliphatic heterocycles. The van der Waals surface area contributed by atoms with Crippen molar-refractivity contribution < 1.29 is 6.17 Å². The van der Waals surface area contributed by atoms with Crippen LogP contribution in [-0.2, 0) is 4.79 Å². The minimum absolute atomic E-state index is 0.134. The number of H-pyrrole nitrogens is 2. The normalized spacial score (nSPS) is 13.7. The van der Waals surface area contributed by atoms with Gasteiger partial charge in [-0.1, -0.05) is 0 Å². The van der Waals surface area contributed by atoms with Gasteiger partial charge in [0, 0.05) is 27.6 Å². The van der Waals surface area contributed by atoms with Crippen molar-refractivity contribution in [3.8, 4) is 0 Å². The predicted octanol–water partition coefficient (Wildman–Crippen LogP) is 4.61. The number of aromatic nitrogens is 4. The summed E-state index contributed by atoms with van der Waals surface area (Å²) in [5, 5.41) is 0. The lowest BCUT2D eigenvalue weighted by Gasteiger charge is -1.93. The number of hydrogen-bond acceptors (Lipinski definition) is 3. The van der Waals surface area contributed by atoms with Crippen LogP contribution in [0, 0.1) is 0 Å². The second-order valence-electron chi connectivity index (χ2n) is 6.55. The summed E-state index contributed by atoms with van der Waals surface area (Å²) in [6.07, 6.45) is 3.79. The van der Waals surface area contributed by atoms with Gasteiger partial charge in [0.05, 0.1) is 24.1 Å². The van der Waals surface area contributed by atoms with Crippen LogP contribution < -0.4 is 0 Å². The first-order valence-corrected chi connectivity index (χ1v) is 8.64. The van der Waals surface area contributed by atoms with E-state index < -0.39 is 0 Å². The Hall–Kier alpha value is -3.73. The van der Waals surface area contributed by atoms with Crippen LogP contribution in [0.1, 0.15) is 31.1 Å². The van der Waals surface area contributed by atoms with E-state index in [1.807, 2.05) is 48.6 Å². The van der Waals surface area contributed by atoms with Gasteiger partial charge in [-0.15, -0.1) is 0 Å². The molecule has 3 aromatic heterocycles. The third-order valence-electron chi connectivity index (χ3n) is 4.44. The number of nitrogens with one attached hydrogen (secondary N) is 2. The molecule has 0 spiro atoms. The zero-order valence-corrected chi connectivity index (χ0v) is 14.6. The van der Waals surface area contributed by atoms with Gasteiger partial charge in [0.2, 0.25) is 0 Å². The molecule has 0 atom stereocenters. The summed E-state index contributed by atoms with van der Waals surface area (Å²) in [7, 11) is 0. The largest absolute Gasteiger partial charge is 0.355 e. The monoisotopic (exact) mass is 353 g/mol. The average molecular weight is 353 g/mol. The van der Waals surface area contributed by atoms with Crippen LogP contribution >= 0.6 is 0 Å². The summed E-state index contributed by atoms with van der Waals surface area (Å²) in [5.74, 6) is -0.182. The van der Waals surface area contributed by atoms with Crippen molar-refractivity contribution in [1.29, 1.82) is 0 Å². The molecule has 5 heterocycles. The topological polar surface area (TPSA) is 74.4 Å². The lowest BCUT2D eigenvalue weighted by Crippen LogP contribution is -1.93. The Bertz CT molecular complexity index is 1360. The molecule has 0 saturated heterocycles. The van der Waals surface area contributed by atoms with E-state index in [9.17, 15) is 4.79 Å². The Labute approximate surface area is 156 Å². The summed E-state index contributed by atoms with van der Waals surface area (Å²) in [6.45, 7) is 1.46. The van der Waals surface area contributed by atoms with Crippen molar-refractivity contribution in [2.24, 2.45) is 0 Å². The van der Waals surface area contributed by atoms with Crippen molar-refractivity contribution in [3.63, 3.8) is 0 Å². The highest BCUT2D eigenvalue weighted by Gasteiger charge is 2.15. The summed E-state index contributed by atoms with van der Waals surface area (Å²) >= 11 is 0.